The molecule has 28 heavy (non-hydrogen) atoms. The first kappa shape index (κ1) is 18.6. The molecule has 0 radical (unpaired) electrons. The van der Waals surface area contributed by atoms with E-state index in [1.165, 1.54) is 19.3 Å². The minimum atomic E-state index is -0.683. The van der Waals surface area contributed by atoms with Crippen molar-refractivity contribution in [3.05, 3.63) is 17.8 Å². The lowest BCUT2D eigenvalue weighted by atomic mass is 9.85. The summed E-state index contributed by atoms with van der Waals surface area (Å²) in [7, 11) is 0. The van der Waals surface area contributed by atoms with E-state index in [-0.39, 0.29) is 6.04 Å². The summed E-state index contributed by atoms with van der Waals surface area (Å²) in [5.74, 6) is 0.625. The van der Waals surface area contributed by atoms with Crippen molar-refractivity contribution >= 4 is 23.5 Å². The Hall–Kier alpha value is -2.77. The molecule has 8 nitrogen and oxygen atoms in total. The van der Waals surface area contributed by atoms with Gasteiger partial charge < -0.3 is 20.9 Å². The number of rotatable bonds is 3. The Labute approximate surface area is 164 Å². The zero-order valence-electron chi connectivity index (χ0n) is 16.6. The summed E-state index contributed by atoms with van der Waals surface area (Å²) in [6, 6.07) is 2.22. The van der Waals surface area contributed by atoms with Crippen LogP contribution in [0, 0.1) is 5.92 Å². The lowest BCUT2D eigenvalue weighted by Gasteiger charge is -2.31. The topological polar surface area (TPSA) is 104 Å². The van der Waals surface area contributed by atoms with Crippen molar-refractivity contribution in [2.75, 3.05) is 10.6 Å². The molecule has 1 aliphatic carbocycles. The summed E-state index contributed by atoms with van der Waals surface area (Å²) in [6.45, 7) is 6.46. The molecule has 0 aromatic carbocycles. The third-order valence-electron chi connectivity index (χ3n) is 5.69. The zero-order valence-corrected chi connectivity index (χ0v) is 16.6. The van der Waals surface area contributed by atoms with E-state index in [1.54, 1.807) is 0 Å². The molecule has 0 unspecified atom stereocenters. The summed E-state index contributed by atoms with van der Waals surface area (Å²) in [4.78, 5) is 27.7. The monoisotopic (exact) mass is 384 g/mol. The van der Waals surface area contributed by atoms with Gasteiger partial charge in [0, 0.05) is 29.9 Å². The Bertz CT molecular complexity index is 897. The summed E-state index contributed by atoms with van der Waals surface area (Å²) >= 11 is 0. The number of H-pyrrole nitrogens is 1. The molecule has 0 bridgehead atoms. The molecule has 0 saturated heterocycles. The molecular weight excluding hydrogens is 356 g/mol. The van der Waals surface area contributed by atoms with Crippen LogP contribution in [0.5, 0.6) is 0 Å². The molecule has 1 saturated carbocycles. The number of anilines is 2. The van der Waals surface area contributed by atoms with Crippen molar-refractivity contribution in [3.63, 3.8) is 0 Å². The minimum absolute atomic E-state index is 0.100. The fourth-order valence-electron chi connectivity index (χ4n) is 4.30. The number of aromatic nitrogens is 3. The Morgan fingerprint density at radius 1 is 1.25 bits per heavy atom. The van der Waals surface area contributed by atoms with Gasteiger partial charge in [-0.15, -0.1) is 0 Å². The normalized spacial score (nSPS) is 20.9. The van der Waals surface area contributed by atoms with Gasteiger partial charge in [-0.05, 0) is 38.7 Å². The van der Waals surface area contributed by atoms with E-state index in [0.29, 0.717) is 24.3 Å². The molecule has 2 amide bonds. The van der Waals surface area contributed by atoms with Crippen LogP contribution in [0.1, 0.15) is 58.1 Å². The van der Waals surface area contributed by atoms with Crippen LogP contribution < -0.4 is 16.0 Å². The highest BCUT2D eigenvalue weighted by Gasteiger charge is 2.33. The van der Waals surface area contributed by atoms with Crippen molar-refractivity contribution in [2.45, 2.75) is 65.1 Å². The maximum atomic E-state index is 12.4. The van der Waals surface area contributed by atoms with Crippen LogP contribution in [0.15, 0.2) is 12.3 Å². The first-order chi connectivity index (χ1) is 13.5. The summed E-state index contributed by atoms with van der Waals surface area (Å²) in [6.07, 6.45) is 6.58. The average molecular weight is 384 g/mol. The number of hydrogen-bond acceptors (Lipinski definition) is 4. The maximum absolute atomic E-state index is 12.4. The largest absolute Gasteiger partial charge is 0.367 e. The van der Waals surface area contributed by atoms with Gasteiger partial charge in [0.05, 0.1) is 11.7 Å². The van der Waals surface area contributed by atoms with Gasteiger partial charge in [0.15, 0.2) is 5.82 Å². The molecule has 1 aliphatic heterocycles. The SMILES string of the molecule is CC(C)NC(=O)C(=O)Nc1nn([C@H]2CCCC[C@H]2C)c2c1CNc1[nH]ccc1-2. The van der Waals surface area contributed by atoms with Crippen LogP contribution >= 0.6 is 0 Å². The molecular formula is C20H28N6O2. The third-order valence-corrected chi connectivity index (χ3v) is 5.69. The molecule has 8 heteroatoms. The van der Waals surface area contributed by atoms with E-state index < -0.39 is 11.8 Å². The molecule has 4 N–H and O–H groups in total. The standard InChI is InChI=1S/C20H28N6O2/c1-11(2)23-19(27)20(28)24-18-14-10-22-17-13(8-9-21-17)16(14)26(25-18)15-7-5-4-6-12(15)3/h8-9,11-12,15,21-22H,4-7,10H2,1-3H3,(H,23,27)(H,24,25,28)/t12-,15+/m1/s1. The number of carbonyl (C=O) groups is 2. The Morgan fingerprint density at radius 3 is 2.79 bits per heavy atom. The molecule has 2 aliphatic rings. The highest BCUT2D eigenvalue weighted by atomic mass is 16.2. The molecule has 1 fully saturated rings. The second-order valence-corrected chi connectivity index (χ2v) is 8.15. The number of nitrogens with one attached hydrogen (secondary N) is 4. The Kier molecular flexibility index (Phi) is 4.87. The predicted octanol–water partition coefficient (Wildman–Crippen LogP) is 3.02. The second-order valence-electron chi connectivity index (χ2n) is 8.15. The van der Waals surface area contributed by atoms with Gasteiger partial charge in [-0.1, -0.05) is 19.8 Å². The molecule has 3 heterocycles. The number of hydrogen-bond donors (Lipinski definition) is 4. The van der Waals surface area contributed by atoms with Gasteiger partial charge in [-0.2, -0.15) is 5.10 Å². The molecule has 2 atom stereocenters. The van der Waals surface area contributed by atoms with Crippen LogP contribution in [0.4, 0.5) is 11.6 Å². The van der Waals surface area contributed by atoms with Gasteiger partial charge >= 0.3 is 11.8 Å². The van der Waals surface area contributed by atoms with Crippen molar-refractivity contribution < 1.29 is 9.59 Å². The van der Waals surface area contributed by atoms with E-state index in [0.717, 1.165) is 29.1 Å². The number of fused-ring (bicyclic) bond motifs is 3. The number of carbonyl (C=O) groups excluding carboxylic acids is 2. The first-order valence-electron chi connectivity index (χ1n) is 10.1. The Balaban J connectivity index is 1.72. The van der Waals surface area contributed by atoms with E-state index in [9.17, 15) is 9.59 Å². The van der Waals surface area contributed by atoms with Gasteiger partial charge in [-0.3, -0.25) is 14.3 Å². The fraction of sp³-hybridized carbons (Fsp3) is 0.550. The number of amides is 2. The number of nitrogens with zero attached hydrogens (tertiary/aromatic N) is 2. The second kappa shape index (κ2) is 7.33. The van der Waals surface area contributed by atoms with Gasteiger partial charge in [0.25, 0.3) is 0 Å². The average Bonchev–Trinajstić information content (AvgIpc) is 3.26. The number of aromatic amines is 1. The Morgan fingerprint density at radius 2 is 2.04 bits per heavy atom. The summed E-state index contributed by atoms with van der Waals surface area (Å²) in [5.41, 5.74) is 3.02. The van der Waals surface area contributed by atoms with Gasteiger partial charge in [-0.25, -0.2) is 0 Å². The molecule has 2 aromatic heterocycles. The molecule has 150 valence electrons. The van der Waals surface area contributed by atoms with Crippen LogP contribution in [0.2, 0.25) is 0 Å². The highest BCUT2D eigenvalue weighted by Crippen LogP contribution is 2.43. The first-order valence-corrected chi connectivity index (χ1v) is 10.1. The fourth-order valence-corrected chi connectivity index (χ4v) is 4.30. The van der Waals surface area contributed by atoms with E-state index in [1.807, 2.05) is 26.1 Å². The van der Waals surface area contributed by atoms with Crippen LogP contribution in [-0.4, -0.2) is 32.6 Å². The van der Waals surface area contributed by atoms with Crippen LogP contribution in [0.3, 0.4) is 0 Å². The predicted molar refractivity (Wildman–Crippen MR) is 108 cm³/mol. The van der Waals surface area contributed by atoms with Gasteiger partial charge in [0.1, 0.15) is 5.82 Å². The molecule has 4 rings (SSSR count). The third kappa shape index (κ3) is 3.27. The quantitative estimate of drug-likeness (QED) is 0.611. The zero-order chi connectivity index (χ0) is 19.8. The molecule has 2 aromatic rings. The van der Waals surface area contributed by atoms with Crippen molar-refractivity contribution in [2.24, 2.45) is 5.92 Å². The van der Waals surface area contributed by atoms with Crippen LogP contribution in [0.25, 0.3) is 11.3 Å². The lowest BCUT2D eigenvalue weighted by Crippen LogP contribution is -2.39. The van der Waals surface area contributed by atoms with E-state index in [2.05, 4.69) is 32.5 Å². The van der Waals surface area contributed by atoms with E-state index in [4.69, 9.17) is 5.10 Å². The van der Waals surface area contributed by atoms with E-state index >= 15 is 0 Å². The molecule has 0 spiro atoms. The van der Waals surface area contributed by atoms with Crippen molar-refractivity contribution in [1.82, 2.24) is 20.1 Å². The lowest BCUT2D eigenvalue weighted by molar-refractivity contribution is -0.136. The summed E-state index contributed by atoms with van der Waals surface area (Å²) in [5, 5.41) is 13.5. The van der Waals surface area contributed by atoms with Crippen molar-refractivity contribution in [3.8, 4) is 11.3 Å². The van der Waals surface area contributed by atoms with Crippen LogP contribution in [-0.2, 0) is 16.1 Å². The van der Waals surface area contributed by atoms with Gasteiger partial charge in [0.2, 0.25) is 0 Å². The smallest absolute Gasteiger partial charge is 0.314 e. The maximum Gasteiger partial charge on any atom is 0.314 e. The van der Waals surface area contributed by atoms with Crippen molar-refractivity contribution in [1.29, 1.82) is 0 Å². The highest BCUT2D eigenvalue weighted by molar-refractivity contribution is 6.39. The minimum Gasteiger partial charge on any atom is -0.367 e. The summed E-state index contributed by atoms with van der Waals surface area (Å²) < 4.78 is 2.09.